The van der Waals surface area contributed by atoms with Crippen LogP contribution in [0, 0.1) is 31.5 Å². The van der Waals surface area contributed by atoms with E-state index in [2.05, 4.69) is 43.0 Å². The molecule has 0 radical (unpaired) electrons. The first-order chi connectivity index (χ1) is 17.8. The van der Waals surface area contributed by atoms with Crippen LogP contribution in [0.15, 0.2) is 42.5 Å². The van der Waals surface area contributed by atoms with Gasteiger partial charge in [-0.2, -0.15) is 0 Å². The van der Waals surface area contributed by atoms with E-state index in [1.807, 2.05) is 24.0 Å². The molecule has 6 heteroatoms. The molecule has 1 fully saturated rings. The van der Waals surface area contributed by atoms with Gasteiger partial charge < -0.3 is 14.4 Å². The molecular formula is C31H43FN2O3. The van der Waals surface area contributed by atoms with E-state index in [0.29, 0.717) is 26.2 Å². The summed E-state index contributed by atoms with van der Waals surface area (Å²) in [6, 6.07) is 11.3. The minimum absolute atomic E-state index is 0.0805. The van der Waals surface area contributed by atoms with Crippen molar-refractivity contribution < 1.29 is 18.7 Å². The van der Waals surface area contributed by atoms with Crippen LogP contribution in [0.4, 0.5) is 10.1 Å². The van der Waals surface area contributed by atoms with Gasteiger partial charge in [-0.15, -0.1) is 0 Å². The van der Waals surface area contributed by atoms with Crippen molar-refractivity contribution in [1.82, 2.24) is 4.90 Å². The number of benzene rings is 2. The molecule has 1 aliphatic heterocycles. The Morgan fingerprint density at radius 2 is 1.70 bits per heavy atom. The molecule has 0 aliphatic carbocycles. The van der Waals surface area contributed by atoms with Crippen molar-refractivity contribution in [3.8, 4) is 0 Å². The van der Waals surface area contributed by atoms with E-state index in [4.69, 9.17) is 9.47 Å². The van der Waals surface area contributed by atoms with Gasteiger partial charge in [-0.25, -0.2) is 4.39 Å². The lowest BCUT2D eigenvalue weighted by Crippen LogP contribution is -2.46. The molecule has 0 aromatic heterocycles. The van der Waals surface area contributed by atoms with Crippen molar-refractivity contribution in [1.29, 1.82) is 0 Å². The van der Waals surface area contributed by atoms with Crippen LogP contribution in [0.2, 0.25) is 0 Å². The zero-order valence-electron chi connectivity index (χ0n) is 23.1. The monoisotopic (exact) mass is 510 g/mol. The summed E-state index contributed by atoms with van der Waals surface area (Å²) in [6.45, 7) is 10.9. The number of hydrogen-bond donors (Lipinski definition) is 0. The number of ether oxygens (including phenoxy) is 2. The van der Waals surface area contributed by atoms with E-state index >= 15 is 0 Å². The zero-order valence-corrected chi connectivity index (χ0v) is 23.1. The average molecular weight is 511 g/mol. The van der Waals surface area contributed by atoms with Gasteiger partial charge in [0.1, 0.15) is 5.82 Å². The van der Waals surface area contributed by atoms with Crippen LogP contribution < -0.4 is 4.90 Å². The summed E-state index contributed by atoms with van der Waals surface area (Å²) in [5.74, 6) is 0.138. The molecule has 37 heavy (non-hydrogen) atoms. The maximum atomic E-state index is 14.3. The maximum Gasteiger partial charge on any atom is 0.229 e. The molecule has 2 aromatic carbocycles. The van der Waals surface area contributed by atoms with Crippen LogP contribution in [0.3, 0.4) is 0 Å². The molecule has 202 valence electrons. The number of amides is 1. The van der Waals surface area contributed by atoms with Crippen LogP contribution in [0.25, 0.3) is 6.08 Å². The smallest absolute Gasteiger partial charge is 0.229 e. The predicted molar refractivity (Wildman–Crippen MR) is 149 cm³/mol. The molecule has 0 bridgehead atoms. The highest BCUT2D eigenvalue weighted by Crippen LogP contribution is 2.34. The number of carbonyl (C=O) groups excluding carboxylic acids is 1. The first-order valence-electron chi connectivity index (χ1n) is 13.4. The Morgan fingerprint density at radius 1 is 1.05 bits per heavy atom. The van der Waals surface area contributed by atoms with E-state index in [1.165, 1.54) is 6.07 Å². The highest BCUT2D eigenvalue weighted by molar-refractivity contribution is 5.97. The zero-order chi connectivity index (χ0) is 26.8. The highest BCUT2D eigenvalue weighted by atomic mass is 19.1. The Bertz CT molecular complexity index is 1020. The third-order valence-electron chi connectivity index (χ3n) is 7.21. The summed E-state index contributed by atoms with van der Waals surface area (Å²) in [7, 11) is 3.45. The number of methoxy groups -OCH3 is 2. The van der Waals surface area contributed by atoms with Gasteiger partial charge in [-0.3, -0.25) is 9.69 Å². The lowest BCUT2D eigenvalue weighted by atomic mass is 9.84. The Labute approximate surface area is 222 Å². The Hall–Kier alpha value is -2.54. The molecule has 2 aromatic rings. The Morgan fingerprint density at radius 3 is 2.32 bits per heavy atom. The molecule has 1 amide bonds. The van der Waals surface area contributed by atoms with E-state index in [9.17, 15) is 9.18 Å². The summed E-state index contributed by atoms with van der Waals surface area (Å²) in [4.78, 5) is 17.5. The molecule has 1 saturated heterocycles. The van der Waals surface area contributed by atoms with Crippen LogP contribution in [0.5, 0.6) is 0 Å². The van der Waals surface area contributed by atoms with Crippen molar-refractivity contribution >= 4 is 17.7 Å². The number of halogens is 1. The molecule has 0 unspecified atom stereocenters. The van der Waals surface area contributed by atoms with E-state index < -0.39 is 0 Å². The first kappa shape index (κ1) is 29.0. The number of carbonyl (C=O) groups is 1. The predicted octanol–water partition coefficient (Wildman–Crippen LogP) is 5.67. The number of aryl methyl sites for hydroxylation is 2. The number of hydrogen-bond acceptors (Lipinski definition) is 4. The molecular weight excluding hydrogens is 467 g/mol. The molecule has 2 atom stereocenters. The molecule has 3 rings (SSSR count). The fourth-order valence-electron chi connectivity index (χ4n) is 5.38. The number of anilines is 1. The van der Waals surface area contributed by atoms with Crippen molar-refractivity contribution in [2.45, 2.75) is 40.0 Å². The van der Waals surface area contributed by atoms with Crippen LogP contribution >= 0.6 is 0 Å². The summed E-state index contributed by atoms with van der Waals surface area (Å²) in [5, 5.41) is 0. The van der Waals surface area contributed by atoms with Gasteiger partial charge in [-0.05, 0) is 79.5 Å². The van der Waals surface area contributed by atoms with Crippen molar-refractivity contribution in [2.24, 2.45) is 11.8 Å². The largest absolute Gasteiger partial charge is 0.383 e. The van der Waals surface area contributed by atoms with Gasteiger partial charge in [0.25, 0.3) is 0 Å². The topological polar surface area (TPSA) is 42.0 Å². The summed E-state index contributed by atoms with van der Waals surface area (Å²) in [6.07, 6.45) is 6.74. The summed E-state index contributed by atoms with van der Waals surface area (Å²) < 4.78 is 24.7. The fourth-order valence-corrected chi connectivity index (χ4v) is 5.38. The average Bonchev–Trinajstić information content (AvgIpc) is 2.86. The highest BCUT2D eigenvalue weighted by Gasteiger charge is 2.34. The molecule has 1 heterocycles. The van der Waals surface area contributed by atoms with Gasteiger partial charge in [0.2, 0.25) is 5.91 Å². The van der Waals surface area contributed by atoms with Crippen molar-refractivity contribution in [3.63, 3.8) is 0 Å². The second-order valence-corrected chi connectivity index (χ2v) is 10.3. The van der Waals surface area contributed by atoms with E-state index in [-0.39, 0.29) is 23.6 Å². The minimum Gasteiger partial charge on any atom is -0.383 e. The quantitative estimate of drug-likeness (QED) is 0.348. The van der Waals surface area contributed by atoms with Crippen LogP contribution in [-0.4, -0.2) is 64.4 Å². The van der Waals surface area contributed by atoms with Crippen molar-refractivity contribution in [3.05, 3.63) is 70.5 Å². The van der Waals surface area contributed by atoms with Crippen LogP contribution in [0.1, 0.15) is 42.0 Å². The van der Waals surface area contributed by atoms with Crippen molar-refractivity contribution in [2.75, 3.05) is 58.5 Å². The van der Waals surface area contributed by atoms with Gasteiger partial charge >= 0.3 is 0 Å². The van der Waals surface area contributed by atoms with Gasteiger partial charge in [0.15, 0.2) is 0 Å². The molecule has 0 N–H and O–H groups in total. The second kappa shape index (κ2) is 14.4. The summed E-state index contributed by atoms with van der Waals surface area (Å²) >= 11 is 0. The molecule has 1 aliphatic rings. The standard InChI is InChI=1S/C31H43FN2O3/c1-23-18-26(10-8-9-13-33(14-16-36-4)15-17-37-5)19-24(2)30(23)34-22-27(20-25(3)31(34)35)21-28-11-6-7-12-29(28)32/h6-8,10-12,18-19,25,27H,9,13-17,20-22H2,1-5H3/b10-8+/t25-,27-/m1/s1. The molecule has 0 spiro atoms. The SMILES string of the molecule is COCCN(CC/C=C/c1cc(C)c(N2C[C@@H](Cc3ccccc3F)C[C@@H](C)C2=O)c(C)c1)CCOC. The third kappa shape index (κ3) is 8.22. The third-order valence-corrected chi connectivity index (χ3v) is 7.21. The molecule has 0 saturated carbocycles. The van der Waals surface area contributed by atoms with E-state index in [0.717, 1.165) is 60.4 Å². The lowest BCUT2D eigenvalue weighted by Gasteiger charge is -2.38. The minimum atomic E-state index is -0.164. The van der Waals surface area contributed by atoms with Gasteiger partial charge in [0, 0.05) is 52.0 Å². The van der Waals surface area contributed by atoms with Gasteiger partial charge in [-0.1, -0.05) is 37.3 Å². The number of rotatable bonds is 13. The van der Waals surface area contributed by atoms with Gasteiger partial charge in [0.05, 0.1) is 13.2 Å². The number of nitrogens with zero attached hydrogens (tertiary/aromatic N) is 2. The number of piperidine rings is 1. The Balaban J connectivity index is 1.69. The maximum absolute atomic E-state index is 14.3. The van der Waals surface area contributed by atoms with E-state index in [1.54, 1.807) is 20.3 Å². The summed E-state index contributed by atoms with van der Waals surface area (Å²) in [5.41, 5.74) is 5.05. The fraction of sp³-hybridized carbons (Fsp3) is 0.516. The first-order valence-corrected chi connectivity index (χ1v) is 13.4. The normalized spacial score (nSPS) is 18.4. The molecule has 5 nitrogen and oxygen atoms in total. The second-order valence-electron chi connectivity index (χ2n) is 10.3. The Kier molecular flexibility index (Phi) is 11.3. The van der Waals surface area contributed by atoms with Crippen LogP contribution in [-0.2, 0) is 20.7 Å². The lowest BCUT2D eigenvalue weighted by molar-refractivity contribution is -0.124.